The number of fused-ring (bicyclic) bond motifs is 7. The standard InChI is InChI=1S/C27H25IO3/c1-26(2,29)27(3,4)31-25(28)18-12-14-22-21(15-18)20-13-11-17-10-9-16-7-5-6-8-19(16)23(17)24(20)30-22/h5-15,25,29H,1-4H3/t25-/m0/s1. The summed E-state index contributed by atoms with van der Waals surface area (Å²) in [6.45, 7) is 7.39. The Morgan fingerprint density at radius 2 is 1.55 bits per heavy atom. The van der Waals surface area contributed by atoms with Crippen molar-refractivity contribution in [2.24, 2.45) is 0 Å². The maximum atomic E-state index is 10.5. The molecule has 0 aliphatic heterocycles. The molecular weight excluding hydrogens is 499 g/mol. The molecule has 158 valence electrons. The summed E-state index contributed by atoms with van der Waals surface area (Å²) in [5, 5.41) is 17.4. The van der Waals surface area contributed by atoms with Crippen LogP contribution < -0.4 is 0 Å². The summed E-state index contributed by atoms with van der Waals surface area (Å²) in [4.78, 5) is 0. The molecule has 0 saturated carbocycles. The van der Waals surface area contributed by atoms with E-state index in [9.17, 15) is 5.11 Å². The molecule has 4 heteroatoms. The number of benzene rings is 4. The first kappa shape index (κ1) is 20.7. The lowest BCUT2D eigenvalue weighted by Gasteiger charge is -2.38. The van der Waals surface area contributed by atoms with Crippen LogP contribution in [0.5, 0.6) is 0 Å². The molecule has 0 saturated heterocycles. The van der Waals surface area contributed by atoms with Gasteiger partial charge in [0.05, 0.1) is 11.2 Å². The highest BCUT2D eigenvalue weighted by Gasteiger charge is 2.38. The first-order valence-corrected chi connectivity index (χ1v) is 11.7. The van der Waals surface area contributed by atoms with Gasteiger partial charge in [0.25, 0.3) is 0 Å². The Balaban J connectivity index is 1.68. The second-order valence-electron chi connectivity index (χ2n) is 9.19. The van der Waals surface area contributed by atoms with Gasteiger partial charge >= 0.3 is 0 Å². The van der Waals surface area contributed by atoms with Crippen molar-refractivity contribution in [3.63, 3.8) is 0 Å². The first-order chi connectivity index (χ1) is 14.7. The van der Waals surface area contributed by atoms with Crippen molar-refractivity contribution < 1.29 is 14.3 Å². The average molecular weight is 524 g/mol. The molecule has 1 aromatic heterocycles. The van der Waals surface area contributed by atoms with Gasteiger partial charge in [-0.15, -0.1) is 0 Å². The summed E-state index contributed by atoms with van der Waals surface area (Å²) in [5.74, 6) is 0. The number of hydrogen-bond acceptors (Lipinski definition) is 3. The van der Waals surface area contributed by atoms with Gasteiger partial charge in [0.15, 0.2) is 0 Å². The third kappa shape index (κ3) is 3.41. The molecule has 5 aromatic rings. The normalized spacial score (nSPS) is 14.1. The van der Waals surface area contributed by atoms with E-state index in [0.717, 1.165) is 32.9 Å². The predicted octanol–water partition coefficient (Wildman–Crippen LogP) is 7.89. The fourth-order valence-electron chi connectivity index (χ4n) is 3.95. The minimum Gasteiger partial charge on any atom is -0.455 e. The smallest absolute Gasteiger partial charge is 0.143 e. The number of aliphatic hydroxyl groups is 1. The molecule has 0 aliphatic carbocycles. The largest absolute Gasteiger partial charge is 0.455 e. The van der Waals surface area contributed by atoms with Gasteiger partial charge in [0, 0.05) is 16.2 Å². The van der Waals surface area contributed by atoms with Gasteiger partial charge in [0.2, 0.25) is 0 Å². The number of hydrogen-bond donors (Lipinski definition) is 1. The number of furan rings is 1. The van der Waals surface area contributed by atoms with Crippen LogP contribution in [0.15, 0.2) is 71.1 Å². The monoisotopic (exact) mass is 524 g/mol. The van der Waals surface area contributed by atoms with Crippen LogP contribution in [0, 0.1) is 0 Å². The summed E-state index contributed by atoms with van der Waals surface area (Å²) in [6, 6.07) is 23.3. The molecular formula is C27H25IO3. The van der Waals surface area contributed by atoms with E-state index < -0.39 is 11.2 Å². The van der Waals surface area contributed by atoms with Crippen LogP contribution in [-0.4, -0.2) is 16.3 Å². The third-order valence-electron chi connectivity index (χ3n) is 6.50. The molecule has 0 radical (unpaired) electrons. The van der Waals surface area contributed by atoms with Gasteiger partial charge in [0.1, 0.15) is 15.3 Å². The molecule has 1 heterocycles. The highest BCUT2D eigenvalue weighted by molar-refractivity contribution is 14.1. The second-order valence-corrected chi connectivity index (χ2v) is 10.3. The van der Waals surface area contributed by atoms with Crippen molar-refractivity contribution in [3.05, 3.63) is 72.3 Å². The molecule has 31 heavy (non-hydrogen) atoms. The number of halogens is 1. The van der Waals surface area contributed by atoms with Crippen molar-refractivity contribution in [3.8, 4) is 0 Å². The number of ether oxygens (including phenoxy) is 1. The van der Waals surface area contributed by atoms with E-state index in [1.807, 2.05) is 26.0 Å². The zero-order valence-electron chi connectivity index (χ0n) is 18.1. The molecule has 0 fully saturated rings. The van der Waals surface area contributed by atoms with E-state index >= 15 is 0 Å². The lowest BCUT2D eigenvalue weighted by Crippen LogP contribution is -2.47. The predicted molar refractivity (Wildman–Crippen MR) is 137 cm³/mol. The van der Waals surface area contributed by atoms with Gasteiger partial charge in [-0.3, -0.25) is 0 Å². The van der Waals surface area contributed by atoms with Crippen molar-refractivity contribution in [1.29, 1.82) is 0 Å². The zero-order chi connectivity index (χ0) is 22.0. The maximum absolute atomic E-state index is 10.5. The highest BCUT2D eigenvalue weighted by Crippen LogP contribution is 2.40. The van der Waals surface area contributed by atoms with Crippen molar-refractivity contribution >= 4 is 66.1 Å². The van der Waals surface area contributed by atoms with Crippen molar-refractivity contribution in [1.82, 2.24) is 0 Å². The molecule has 0 aliphatic rings. The zero-order valence-corrected chi connectivity index (χ0v) is 20.2. The van der Waals surface area contributed by atoms with Crippen molar-refractivity contribution in [2.75, 3.05) is 0 Å². The molecule has 5 rings (SSSR count). The Labute approximate surface area is 195 Å². The highest BCUT2D eigenvalue weighted by atomic mass is 127. The van der Waals surface area contributed by atoms with E-state index in [0.29, 0.717) is 0 Å². The van der Waals surface area contributed by atoms with Gasteiger partial charge in [-0.05, 0) is 90.2 Å². The van der Waals surface area contributed by atoms with Gasteiger partial charge < -0.3 is 14.3 Å². The second kappa shape index (κ2) is 7.19. The lowest BCUT2D eigenvalue weighted by atomic mass is 9.89. The van der Waals surface area contributed by atoms with E-state index in [4.69, 9.17) is 9.15 Å². The summed E-state index contributed by atoms with van der Waals surface area (Å²) in [7, 11) is 0. The first-order valence-electron chi connectivity index (χ1n) is 10.5. The van der Waals surface area contributed by atoms with Gasteiger partial charge in [-0.1, -0.05) is 48.5 Å². The summed E-state index contributed by atoms with van der Waals surface area (Å²) in [6.07, 6.45) is 0. The van der Waals surface area contributed by atoms with Crippen LogP contribution in [0.1, 0.15) is 37.4 Å². The summed E-state index contributed by atoms with van der Waals surface area (Å²) < 4.78 is 12.4. The molecule has 1 atom stereocenters. The van der Waals surface area contributed by atoms with E-state index in [1.54, 1.807) is 13.8 Å². The Morgan fingerprint density at radius 3 is 2.32 bits per heavy atom. The Hall–Kier alpha value is -2.15. The lowest BCUT2D eigenvalue weighted by molar-refractivity contribution is -0.152. The molecule has 0 unspecified atom stereocenters. The molecule has 1 N–H and O–H groups in total. The van der Waals surface area contributed by atoms with Crippen LogP contribution in [0.3, 0.4) is 0 Å². The topological polar surface area (TPSA) is 42.6 Å². The van der Waals surface area contributed by atoms with Crippen molar-refractivity contribution in [2.45, 2.75) is 43.0 Å². The Morgan fingerprint density at radius 1 is 0.839 bits per heavy atom. The Bertz CT molecular complexity index is 1440. The number of rotatable bonds is 4. The van der Waals surface area contributed by atoms with Gasteiger partial charge in [-0.25, -0.2) is 0 Å². The van der Waals surface area contributed by atoms with Crippen LogP contribution in [0.25, 0.3) is 43.5 Å². The SMILES string of the molecule is CC(C)(O)C(C)(C)O[C@H](I)c1ccc2oc3c(ccc4ccc5ccccc5c43)c2c1. The maximum Gasteiger partial charge on any atom is 0.143 e. The quantitative estimate of drug-likeness (QED) is 0.148. The molecule has 0 bridgehead atoms. The molecule has 3 nitrogen and oxygen atoms in total. The van der Waals surface area contributed by atoms with Crippen LogP contribution >= 0.6 is 22.6 Å². The minimum absolute atomic E-state index is 0.199. The summed E-state index contributed by atoms with van der Waals surface area (Å²) >= 11 is 2.29. The van der Waals surface area contributed by atoms with Crippen LogP contribution in [0.2, 0.25) is 0 Å². The molecule has 4 aromatic carbocycles. The van der Waals surface area contributed by atoms with E-state index in [1.165, 1.54) is 16.2 Å². The fraction of sp³-hybridized carbons (Fsp3) is 0.259. The third-order valence-corrected chi connectivity index (χ3v) is 7.48. The van der Waals surface area contributed by atoms with Gasteiger partial charge in [-0.2, -0.15) is 0 Å². The fourth-order valence-corrected chi connectivity index (χ4v) is 4.97. The average Bonchev–Trinajstić information content (AvgIpc) is 3.10. The van der Waals surface area contributed by atoms with E-state index in [2.05, 4.69) is 77.2 Å². The van der Waals surface area contributed by atoms with Crippen LogP contribution in [-0.2, 0) is 4.74 Å². The summed E-state index contributed by atoms with van der Waals surface area (Å²) in [5.41, 5.74) is 1.18. The number of alkyl halides is 1. The molecule has 0 amide bonds. The Kier molecular flexibility index (Phi) is 4.81. The minimum atomic E-state index is -0.956. The van der Waals surface area contributed by atoms with E-state index in [-0.39, 0.29) is 4.11 Å². The molecule has 0 spiro atoms. The van der Waals surface area contributed by atoms with Crippen LogP contribution in [0.4, 0.5) is 0 Å².